The van der Waals surface area contributed by atoms with Crippen molar-refractivity contribution in [1.82, 2.24) is 0 Å². The smallest absolute Gasteiger partial charge is 0.317 e. The molecule has 3 heterocycles. The van der Waals surface area contributed by atoms with Crippen molar-refractivity contribution in [2.45, 2.75) is 108 Å². The first-order valence-electron chi connectivity index (χ1n) is 15.8. The number of carbonyl (C=O) groups excluding carboxylic acids is 2. The van der Waals surface area contributed by atoms with E-state index in [1.807, 2.05) is 6.08 Å². The van der Waals surface area contributed by atoms with Crippen LogP contribution in [0.25, 0.3) is 0 Å². The van der Waals surface area contributed by atoms with E-state index in [9.17, 15) is 9.59 Å². The van der Waals surface area contributed by atoms with Crippen LogP contribution in [0.15, 0.2) is 24.3 Å². The second-order valence-corrected chi connectivity index (χ2v) is 18.6. The third-order valence-corrected chi connectivity index (χ3v) is 17.5. The fraction of sp³-hybridized carbons (Fsp3) is 0.812. The van der Waals surface area contributed by atoms with Crippen LogP contribution < -0.4 is 0 Å². The summed E-state index contributed by atoms with van der Waals surface area (Å²) in [4.78, 5) is 27.9. The van der Waals surface area contributed by atoms with Crippen molar-refractivity contribution in [3.63, 3.8) is 0 Å². The fourth-order valence-corrected chi connectivity index (χ4v) is 13.8. The van der Waals surface area contributed by atoms with Crippen molar-refractivity contribution in [1.29, 1.82) is 0 Å². The van der Waals surface area contributed by atoms with E-state index in [1.165, 1.54) is 7.11 Å². The van der Waals surface area contributed by atoms with E-state index in [4.69, 9.17) is 34.7 Å². The summed E-state index contributed by atoms with van der Waals surface area (Å²) in [7, 11) is 0.855. The van der Waals surface area contributed by atoms with Crippen LogP contribution in [0.3, 0.4) is 0 Å². The monoisotopic (exact) mass is 588 g/mol. The minimum absolute atomic E-state index is 0.104. The van der Waals surface area contributed by atoms with E-state index in [0.717, 1.165) is 43.3 Å². The standard InChI is InChI=1S/C32H48O8Si/c1-8-41(9-2,19(3)4)40-32-17-24(35-6)39-29(32)38-23-16-22(32)20(5)25(23)31(28(34)36-7)15-13-21-12-10-11-14-30(21)18-37-27(33)26(30)31/h13,15,19,21-26,29H,5,8-12,14,16-18H2,1-4,6-7H3/t21-,22-,23+,24+,25+,26-,29-,30-,31+,32+/m1/s1. The van der Waals surface area contributed by atoms with Gasteiger partial charge in [-0.1, -0.05) is 64.8 Å². The Morgan fingerprint density at radius 2 is 1.95 bits per heavy atom. The molecular weight excluding hydrogens is 540 g/mol. The highest BCUT2D eigenvalue weighted by atomic mass is 28.4. The lowest BCUT2D eigenvalue weighted by Gasteiger charge is -2.53. The topological polar surface area (TPSA) is 89.5 Å². The number of rotatable bonds is 8. The van der Waals surface area contributed by atoms with Gasteiger partial charge in [0.2, 0.25) is 0 Å². The minimum Gasteiger partial charge on any atom is -0.468 e. The number of cyclic esters (lactones) is 1. The van der Waals surface area contributed by atoms with E-state index in [2.05, 4.69) is 33.8 Å². The summed E-state index contributed by atoms with van der Waals surface area (Å²) in [6.07, 6.45) is 7.87. The molecule has 2 saturated carbocycles. The highest BCUT2D eigenvalue weighted by molar-refractivity contribution is 6.75. The first kappa shape index (κ1) is 29.5. The van der Waals surface area contributed by atoms with Crippen molar-refractivity contribution in [3.8, 4) is 0 Å². The van der Waals surface area contributed by atoms with Crippen molar-refractivity contribution in [2.24, 2.45) is 34.5 Å². The summed E-state index contributed by atoms with van der Waals surface area (Å²) in [6.45, 7) is 14.0. The van der Waals surface area contributed by atoms with Gasteiger partial charge in [-0.25, -0.2) is 0 Å². The Morgan fingerprint density at radius 1 is 1.20 bits per heavy atom. The van der Waals surface area contributed by atoms with Gasteiger partial charge in [0, 0.05) is 30.8 Å². The van der Waals surface area contributed by atoms with Gasteiger partial charge in [-0.05, 0) is 42.8 Å². The molecule has 1 spiro atoms. The maximum atomic E-state index is 14.2. The molecule has 0 radical (unpaired) electrons. The summed E-state index contributed by atoms with van der Waals surface area (Å²) in [5.74, 6) is -1.71. The molecule has 41 heavy (non-hydrogen) atoms. The van der Waals surface area contributed by atoms with Crippen molar-refractivity contribution >= 4 is 20.3 Å². The molecule has 228 valence electrons. The number of ether oxygens (including phenoxy) is 5. The van der Waals surface area contributed by atoms with Crippen LogP contribution in [0.5, 0.6) is 0 Å². The maximum absolute atomic E-state index is 14.2. The Hall–Kier alpha value is -1.52. The molecule has 3 aliphatic carbocycles. The number of fused-ring (bicyclic) bond motifs is 4. The third kappa shape index (κ3) is 3.84. The number of methoxy groups -OCH3 is 2. The Labute approximate surface area is 245 Å². The van der Waals surface area contributed by atoms with E-state index in [1.54, 1.807) is 7.11 Å². The molecule has 3 aliphatic heterocycles. The molecule has 6 rings (SSSR count). The second-order valence-electron chi connectivity index (χ2n) is 13.7. The number of hydrogen-bond donors (Lipinski definition) is 0. The molecule has 5 fully saturated rings. The highest BCUT2D eigenvalue weighted by Gasteiger charge is 2.75. The van der Waals surface area contributed by atoms with Crippen LogP contribution in [-0.2, 0) is 37.7 Å². The molecule has 0 aromatic rings. The molecular formula is C32H48O8Si. The van der Waals surface area contributed by atoms with Gasteiger partial charge in [0.25, 0.3) is 0 Å². The van der Waals surface area contributed by atoms with Gasteiger partial charge in [0.15, 0.2) is 20.9 Å². The van der Waals surface area contributed by atoms with E-state index < -0.39 is 55.1 Å². The second kappa shape index (κ2) is 10.3. The average molecular weight is 589 g/mol. The molecule has 10 atom stereocenters. The predicted molar refractivity (Wildman–Crippen MR) is 154 cm³/mol. The van der Waals surface area contributed by atoms with E-state index in [0.29, 0.717) is 25.0 Å². The Kier molecular flexibility index (Phi) is 7.41. The van der Waals surface area contributed by atoms with Gasteiger partial charge in [-0.3, -0.25) is 9.59 Å². The maximum Gasteiger partial charge on any atom is 0.317 e. The van der Waals surface area contributed by atoms with Crippen LogP contribution in [0.1, 0.15) is 66.2 Å². The SMILES string of the molecule is C=C1[C@H]2C[C@H](O[C@@H]3O[C@H](OC)C[C@@]32O[Si](CC)(CC)C(C)C)[C@H]1[C@@]1(C(=O)OC)C=C[C@H]2CCCC[C@@]23COC(=O)[C@H]31. The van der Waals surface area contributed by atoms with Gasteiger partial charge in [0.1, 0.15) is 11.0 Å². The Balaban J connectivity index is 1.47. The zero-order chi connectivity index (χ0) is 29.4. The molecule has 8 nitrogen and oxygen atoms in total. The average Bonchev–Trinajstić information content (AvgIpc) is 3.61. The van der Waals surface area contributed by atoms with Gasteiger partial charge in [-0.2, -0.15) is 0 Å². The summed E-state index contributed by atoms with van der Waals surface area (Å²) < 4.78 is 37.8. The molecule has 3 saturated heterocycles. The predicted octanol–water partition coefficient (Wildman–Crippen LogP) is 5.53. The molecule has 0 aromatic carbocycles. The molecule has 2 bridgehead atoms. The van der Waals surface area contributed by atoms with Crippen LogP contribution in [0.4, 0.5) is 0 Å². The van der Waals surface area contributed by atoms with Crippen molar-refractivity contribution in [2.75, 3.05) is 20.8 Å². The summed E-state index contributed by atoms with van der Waals surface area (Å²) in [5.41, 5.74) is -1.13. The quantitative estimate of drug-likeness (QED) is 0.208. The first-order chi connectivity index (χ1) is 19.6. The van der Waals surface area contributed by atoms with E-state index in [-0.39, 0.29) is 23.9 Å². The molecule has 0 amide bonds. The summed E-state index contributed by atoms with van der Waals surface area (Å²) >= 11 is 0. The lowest BCUT2D eigenvalue weighted by molar-refractivity contribution is -0.270. The number of allylic oxidation sites excluding steroid dienone is 1. The zero-order valence-corrected chi connectivity index (χ0v) is 26.6. The van der Waals surface area contributed by atoms with Gasteiger partial charge < -0.3 is 28.1 Å². The summed E-state index contributed by atoms with van der Waals surface area (Å²) in [5, 5.41) is 0. The third-order valence-electron chi connectivity index (χ3n) is 12.2. The zero-order valence-electron chi connectivity index (χ0n) is 25.6. The van der Waals surface area contributed by atoms with Crippen molar-refractivity contribution < 1.29 is 37.7 Å². The Bertz CT molecular complexity index is 1120. The van der Waals surface area contributed by atoms with Gasteiger partial charge in [-0.15, -0.1) is 0 Å². The van der Waals surface area contributed by atoms with Crippen LogP contribution >= 0.6 is 0 Å². The lowest BCUT2D eigenvalue weighted by Crippen LogP contribution is -2.60. The summed E-state index contributed by atoms with van der Waals surface area (Å²) in [6, 6.07) is 1.96. The first-order valence-corrected chi connectivity index (χ1v) is 18.2. The minimum atomic E-state index is -2.22. The lowest BCUT2D eigenvalue weighted by atomic mass is 9.47. The fourth-order valence-electron chi connectivity index (χ4n) is 10.1. The number of esters is 2. The molecule has 6 aliphatic rings. The number of hydrogen-bond acceptors (Lipinski definition) is 8. The van der Waals surface area contributed by atoms with Gasteiger partial charge in [0.05, 0.1) is 25.7 Å². The number of carbonyl (C=O) groups is 2. The van der Waals surface area contributed by atoms with Crippen LogP contribution in [0, 0.1) is 34.5 Å². The molecule has 0 N–H and O–H groups in total. The van der Waals surface area contributed by atoms with Crippen LogP contribution in [-0.4, -0.2) is 65.4 Å². The Morgan fingerprint density at radius 3 is 2.61 bits per heavy atom. The van der Waals surface area contributed by atoms with Crippen molar-refractivity contribution in [3.05, 3.63) is 24.3 Å². The van der Waals surface area contributed by atoms with Crippen LogP contribution in [0.2, 0.25) is 17.6 Å². The molecule has 0 unspecified atom stereocenters. The normalized spacial score (nSPS) is 44.9. The van der Waals surface area contributed by atoms with Gasteiger partial charge >= 0.3 is 11.9 Å². The largest absolute Gasteiger partial charge is 0.468 e. The molecule has 9 heteroatoms. The highest BCUT2D eigenvalue weighted by Crippen LogP contribution is 2.68. The van der Waals surface area contributed by atoms with E-state index >= 15 is 0 Å². The molecule has 0 aromatic heterocycles.